The van der Waals surface area contributed by atoms with Gasteiger partial charge < -0.3 is 0 Å². The normalized spacial score (nSPS) is 12.1. The van der Waals surface area contributed by atoms with Crippen molar-refractivity contribution in [3.63, 3.8) is 0 Å². The molecule has 2 aromatic rings. The highest BCUT2D eigenvalue weighted by Crippen LogP contribution is 2.33. The molecule has 96 valence electrons. The van der Waals surface area contributed by atoms with Gasteiger partial charge in [-0.15, -0.1) is 11.3 Å². The van der Waals surface area contributed by atoms with Crippen molar-refractivity contribution in [3.05, 3.63) is 35.1 Å². The van der Waals surface area contributed by atoms with Gasteiger partial charge in [-0.25, -0.2) is 4.98 Å². The maximum absolute atomic E-state index is 12.5. The zero-order valence-electron chi connectivity index (χ0n) is 9.82. The van der Waals surface area contributed by atoms with E-state index in [0.29, 0.717) is 16.5 Å². The van der Waals surface area contributed by atoms with E-state index in [1.165, 1.54) is 17.4 Å². The zero-order valence-corrected chi connectivity index (χ0v) is 10.6. The van der Waals surface area contributed by atoms with Crippen LogP contribution in [0, 0.1) is 0 Å². The van der Waals surface area contributed by atoms with Gasteiger partial charge in [-0.05, 0) is 18.1 Å². The maximum Gasteiger partial charge on any atom is 0.433 e. The molecule has 0 fully saturated rings. The molecule has 0 aromatic carbocycles. The molecule has 2 nitrogen and oxygen atoms in total. The van der Waals surface area contributed by atoms with E-state index in [4.69, 9.17) is 0 Å². The Balaban J connectivity index is 2.38. The van der Waals surface area contributed by atoms with Crippen LogP contribution in [0.1, 0.15) is 30.3 Å². The number of nitrogens with zero attached hydrogens (tertiary/aromatic N) is 2. The van der Waals surface area contributed by atoms with Gasteiger partial charge in [0, 0.05) is 22.8 Å². The van der Waals surface area contributed by atoms with E-state index in [-0.39, 0.29) is 0 Å². The fourth-order valence-corrected chi connectivity index (χ4v) is 2.32. The van der Waals surface area contributed by atoms with E-state index >= 15 is 0 Å². The summed E-state index contributed by atoms with van der Waals surface area (Å²) in [6.45, 7) is 4.04. The second kappa shape index (κ2) is 4.68. The molecule has 0 atom stereocenters. The standard InChI is InChI=1S/C12H11F3N2S/c1-7(2)9-6-17-11(18-9)8-3-4-16-10(5-8)12(13,14)15/h3-7H,1-2H3. The van der Waals surface area contributed by atoms with Crippen LogP contribution in [-0.4, -0.2) is 9.97 Å². The lowest BCUT2D eigenvalue weighted by Gasteiger charge is -2.06. The second-order valence-electron chi connectivity index (χ2n) is 4.15. The second-order valence-corrected chi connectivity index (χ2v) is 5.21. The molecule has 0 spiro atoms. The first-order valence-electron chi connectivity index (χ1n) is 5.37. The predicted octanol–water partition coefficient (Wildman–Crippen LogP) is 4.35. The molecule has 2 aromatic heterocycles. The fraction of sp³-hybridized carbons (Fsp3) is 0.333. The Labute approximate surface area is 107 Å². The number of rotatable bonds is 2. The Bertz CT molecular complexity index is 546. The van der Waals surface area contributed by atoms with Gasteiger partial charge >= 0.3 is 6.18 Å². The van der Waals surface area contributed by atoms with Crippen molar-refractivity contribution in [3.8, 4) is 10.6 Å². The number of pyridine rings is 1. The smallest absolute Gasteiger partial charge is 0.252 e. The summed E-state index contributed by atoms with van der Waals surface area (Å²) in [4.78, 5) is 8.54. The van der Waals surface area contributed by atoms with E-state index in [0.717, 1.165) is 17.1 Å². The Morgan fingerprint density at radius 3 is 2.50 bits per heavy atom. The monoisotopic (exact) mass is 272 g/mol. The third-order valence-electron chi connectivity index (χ3n) is 2.39. The Hall–Kier alpha value is -1.43. The van der Waals surface area contributed by atoms with E-state index in [9.17, 15) is 13.2 Å². The van der Waals surface area contributed by atoms with Gasteiger partial charge in [0.15, 0.2) is 0 Å². The van der Waals surface area contributed by atoms with Gasteiger partial charge in [0.25, 0.3) is 0 Å². The first-order chi connectivity index (χ1) is 8.38. The average Bonchev–Trinajstić information content (AvgIpc) is 2.77. The Kier molecular flexibility index (Phi) is 3.38. The maximum atomic E-state index is 12.5. The highest BCUT2D eigenvalue weighted by atomic mass is 32.1. The minimum atomic E-state index is -4.42. The van der Waals surface area contributed by atoms with Crippen LogP contribution in [0.15, 0.2) is 24.5 Å². The van der Waals surface area contributed by atoms with Crippen LogP contribution in [0.3, 0.4) is 0 Å². The van der Waals surface area contributed by atoms with Crippen molar-refractivity contribution in [2.75, 3.05) is 0 Å². The van der Waals surface area contributed by atoms with Crippen molar-refractivity contribution in [1.29, 1.82) is 0 Å². The molecule has 0 aliphatic carbocycles. The molecule has 0 N–H and O–H groups in total. The highest BCUT2D eigenvalue weighted by molar-refractivity contribution is 7.15. The van der Waals surface area contributed by atoms with Crippen LogP contribution in [0.25, 0.3) is 10.6 Å². The lowest BCUT2D eigenvalue weighted by molar-refractivity contribution is -0.141. The van der Waals surface area contributed by atoms with Crippen LogP contribution >= 0.6 is 11.3 Å². The number of alkyl halides is 3. The Morgan fingerprint density at radius 2 is 1.94 bits per heavy atom. The molecule has 0 saturated heterocycles. The number of hydrogen-bond acceptors (Lipinski definition) is 3. The minimum absolute atomic E-state index is 0.320. The first-order valence-corrected chi connectivity index (χ1v) is 6.19. The van der Waals surface area contributed by atoms with Gasteiger partial charge in [0.1, 0.15) is 10.7 Å². The third-order valence-corrected chi connectivity index (χ3v) is 3.74. The van der Waals surface area contributed by atoms with Crippen molar-refractivity contribution in [2.24, 2.45) is 0 Å². The summed E-state index contributed by atoms with van der Waals surface area (Å²) in [6, 6.07) is 2.57. The molecule has 0 unspecified atom stereocenters. The van der Waals surface area contributed by atoms with Crippen molar-refractivity contribution in [1.82, 2.24) is 9.97 Å². The molecule has 0 bridgehead atoms. The molecule has 0 aliphatic heterocycles. The quantitative estimate of drug-likeness (QED) is 0.812. The van der Waals surface area contributed by atoms with E-state index in [1.807, 2.05) is 13.8 Å². The third kappa shape index (κ3) is 2.69. The summed E-state index contributed by atoms with van der Waals surface area (Å²) in [6.07, 6.45) is -1.55. The average molecular weight is 272 g/mol. The first kappa shape index (κ1) is 13.0. The largest absolute Gasteiger partial charge is 0.433 e. The molecular weight excluding hydrogens is 261 g/mol. The van der Waals surface area contributed by atoms with Crippen LogP contribution < -0.4 is 0 Å². The molecule has 2 heterocycles. The van der Waals surface area contributed by atoms with Gasteiger partial charge in [-0.3, -0.25) is 4.98 Å². The Morgan fingerprint density at radius 1 is 1.22 bits per heavy atom. The summed E-state index contributed by atoms with van der Waals surface area (Å²) in [7, 11) is 0. The summed E-state index contributed by atoms with van der Waals surface area (Å²) in [5.41, 5.74) is -0.435. The van der Waals surface area contributed by atoms with Crippen LogP contribution in [-0.2, 0) is 6.18 Å². The molecule has 18 heavy (non-hydrogen) atoms. The van der Waals surface area contributed by atoms with Crippen LogP contribution in [0.2, 0.25) is 0 Å². The van der Waals surface area contributed by atoms with Gasteiger partial charge in [0.2, 0.25) is 0 Å². The zero-order chi connectivity index (χ0) is 13.3. The van der Waals surface area contributed by atoms with Gasteiger partial charge in [-0.2, -0.15) is 13.2 Å². The number of halogens is 3. The summed E-state index contributed by atoms with van der Waals surface area (Å²) >= 11 is 1.41. The highest BCUT2D eigenvalue weighted by Gasteiger charge is 2.32. The van der Waals surface area contributed by atoms with E-state index in [2.05, 4.69) is 9.97 Å². The summed E-state index contributed by atoms with van der Waals surface area (Å²) < 4.78 is 37.6. The van der Waals surface area contributed by atoms with Gasteiger partial charge in [-0.1, -0.05) is 13.8 Å². The van der Waals surface area contributed by atoms with Crippen molar-refractivity contribution in [2.45, 2.75) is 25.9 Å². The van der Waals surface area contributed by atoms with Crippen molar-refractivity contribution >= 4 is 11.3 Å². The molecule has 0 aliphatic rings. The lowest BCUT2D eigenvalue weighted by atomic mass is 10.2. The number of thiazole rings is 1. The van der Waals surface area contributed by atoms with Gasteiger partial charge in [0.05, 0.1) is 0 Å². The van der Waals surface area contributed by atoms with Crippen molar-refractivity contribution < 1.29 is 13.2 Å². The van der Waals surface area contributed by atoms with E-state index in [1.54, 1.807) is 6.20 Å². The van der Waals surface area contributed by atoms with E-state index < -0.39 is 11.9 Å². The molecule has 0 amide bonds. The molecule has 0 radical (unpaired) electrons. The predicted molar refractivity (Wildman–Crippen MR) is 64.4 cm³/mol. The number of hydrogen-bond donors (Lipinski definition) is 0. The fourth-order valence-electron chi connectivity index (χ4n) is 1.41. The SMILES string of the molecule is CC(C)c1cnc(-c2ccnc(C(F)(F)F)c2)s1. The number of aromatic nitrogens is 2. The van der Waals surface area contributed by atoms with Crippen LogP contribution in [0.5, 0.6) is 0 Å². The summed E-state index contributed by atoms with van der Waals surface area (Å²) in [5.74, 6) is 0.320. The molecule has 6 heteroatoms. The molecular formula is C12H11F3N2S. The topological polar surface area (TPSA) is 25.8 Å². The minimum Gasteiger partial charge on any atom is -0.252 e. The molecule has 0 saturated carbocycles. The summed E-state index contributed by atoms with van der Waals surface area (Å²) in [5, 5.41) is 0.589. The lowest BCUT2D eigenvalue weighted by Crippen LogP contribution is -2.07. The van der Waals surface area contributed by atoms with Crippen LogP contribution in [0.4, 0.5) is 13.2 Å². The molecule has 2 rings (SSSR count).